The number of halogens is 1. The van der Waals surface area contributed by atoms with Gasteiger partial charge in [-0.2, -0.15) is 0 Å². The average Bonchev–Trinajstić information content (AvgIpc) is 1.88. The number of hydrogen-bond donors (Lipinski definition) is 0. The van der Waals surface area contributed by atoms with Crippen molar-refractivity contribution in [3.63, 3.8) is 0 Å². The molecule has 0 N–H and O–H groups in total. The molecule has 2 nitrogen and oxygen atoms in total. The van der Waals surface area contributed by atoms with Crippen LogP contribution in [0.1, 0.15) is 0 Å². The van der Waals surface area contributed by atoms with E-state index in [0.29, 0.717) is 11.3 Å². The second-order valence-corrected chi connectivity index (χ2v) is 2.61. The summed E-state index contributed by atoms with van der Waals surface area (Å²) in [7, 11) is 6.99. The van der Waals surface area contributed by atoms with E-state index in [9.17, 15) is 0 Å². The Morgan fingerprint density at radius 3 is 2.90 bits per heavy atom. The van der Waals surface area contributed by atoms with Crippen LogP contribution in [0.25, 0.3) is 0 Å². The second-order valence-electron chi connectivity index (χ2n) is 1.76. The largest absolute Gasteiger partial charge is 0.480 e. The van der Waals surface area contributed by atoms with Gasteiger partial charge in [0.25, 0.3) is 0 Å². The van der Waals surface area contributed by atoms with Crippen LogP contribution >= 0.6 is 15.9 Å². The summed E-state index contributed by atoms with van der Waals surface area (Å²) in [5, 5.41) is 0. The van der Waals surface area contributed by atoms with E-state index in [1.165, 1.54) is 0 Å². The van der Waals surface area contributed by atoms with Gasteiger partial charge in [-0.15, -0.1) is 0 Å². The van der Waals surface area contributed by atoms with E-state index in [1.807, 2.05) is 0 Å². The summed E-state index contributed by atoms with van der Waals surface area (Å²) in [5.41, 5.74) is 0.618. The van der Waals surface area contributed by atoms with Crippen molar-refractivity contribution in [1.29, 1.82) is 0 Å². The minimum atomic E-state index is 0.550. The van der Waals surface area contributed by atoms with Crippen LogP contribution in [-0.2, 0) is 0 Å². The Morgan fingerprint density at radius 2 is 2.40 bits per heavy atom. The zero-order valence-corrected chi connectivity index (χ0v) is 7.05. The van der Waals surface area contributed by atoms with Crippen LogP contribution in [0.5, 0.6) is 5.88 Å². The predicted octanol–water partition coefficient (Wildman–Crippen LogP) is 0.647. The standard InChI is InChI=1S/C6H5BBrNO/c1-10-6-5(8)2-4(7)3-9-6/h2-3H,1H3. The number of hydrogen-bond acceptors (Lipinski definition) is 2. The van der Waals surface area contributed by atoms with Gasteiger partial charge in [-0.25, -0.2) is 4.98 Å². The van der Waals surface area contributed by atoms with Crippen molar-refractivity contribution in [3.05, 3.63) is 16.7 Å². The van der Waals surface area contributed by atoms with Gasteiger partial charge >= 0.3 is 0 Å². The first-order chi connectivity index (χ1) is 4.74. The minimum Gasteiger partial charge on any atom is -0.480 e. The summed E-state index contributed by atoms with van der Waals surface area (Å²) in [4.78, 5) is 3.90. The summed E-state index contributed by atoms with van der Waals surface area (Å²) in [6.07, 6.45) is 1.55. The quantitative estimate of drug-likeness (QED) is 0.617. The van der Waals surface area contributed by atoms with Crippen LogP contribution in [0.3, 0.4) is 0 Å². The average molecular weight is 198 g/mol. The molecule has 0 spiro atoms. The van der Waals surface area contributed by atoms with Crippen LogP contribution < -0.4 is 10.2 Å². The van der Waals surface area contributed by atoms with Gasteiger partial charge in [-0.05, 0) is 22.0 Å². The van der Waals surface area contributed by atoms with E-state index in [4.69, 9.17) is 12.6 Å². The summed E-state index contributed by atoms with van der Waals surface area (Å²) in [6, 6.07) is 1.74. The van der Waals surface area contributed by atoms with Gasteiger partial charge in [0.15, 0.2) is 0 Å². The molecule has 0 aliphatic carbocycles. The lowest BCUT2D eigenvalue weighted by molar-refractivity contribution is 0.395. The highest BCUT2D eigenvalue weighted by molar-refractivity contribution is 9.10. The van der Waals surface area contributed by atoms with Crippen molar-refractivity contribution in [1.82, 2.24) is 4.98 Å². The Morgan fingerprint density at radius 1 is 1.70 bits per heavy atom. The van der Waals surface area contributed by atoms with E-state index in [1.54, 1.807) is 19.4 Å². The first-order valence-electron chi connectivity index (χ1n) is 2.69. The maximum absolute atomic E-state index is 5.43. The number of aromatic nitrogens is 1. The Bertz CT molecular complexity index is 241. The minimum absolute atomic E-state index is 0.550. The van der Waals surface area contributed by atoms with Crippen LogP contribution in [-0.4, -0.2) is 19.9 Å². The number of rotatable bonds is 1. The molecule has 0 aliphatic heterocycles. The molecule has 0 fully saturated rings. The lowest BCUT2D eigenvalue weighted by atomic mass is 9.99. The van der Waals surface area contributed by atoms with Crippen molar-refractivity contribution < 1.29 is 4.74 Å². The normalized spacial score (nSPS) is 9.40. The van der Waals surface area contributed by atoms with Gasteiger partial charge in [0.05, 0.1) is 11.6 Å². The lowest BCUT2D eigenvalue weighted by Gasteiger charge is -2.00. The van der Waals surface area contributed by atoms with Crippen LogP contribution in [0.4, 0.5) is 0 Å². The van der Waals surface area contributed by atoms with E-state index >= 15 is 0 Å². The third-order valence-corrected chi connectivity index (χ3v) is 1.59. The molecule has 0 bridgehead atoms. The van der Waals surface area contributed by atoms with E-state index in [0.717, 1.165) is 4.47 Å². The van der Waals surface area contributed by atoms with E-state index < -0.39 is 0 Å². The van der Waals surface area contributed by atoms with Crippen molar-refractivity contribution in [2.24, 2.45) is 0 Å². The Kier molecular flexibility index (Phi) is 2.32. The fourth-order valence-electron chi connectivity index (χ4n) is 0.590. The van der Waals surface area contributed by atoms with Gasteiger partial charge in [0.2, 0.25) is 5.88 Å². The van der Waals surface area contributed by atoms with Gasteiger partial charge in [-0.1, -0.05) is 5.46 Å². The number of nitrogens with zero attached hydrogens (tertiary/aromatic N) is 1. The number of ether oxygens (including phenoxy) is 1. The molecule has 0 saturated heterocycles. The number of pyridine rings is 1. The molecule has 0 aromatic carbocycles. The fourth-order valence-corrected chi connectivity index (χ4v) is 1.12. The molecule has 50 valence electrons. The Hall–Kier alpha value is -0.505. The Balaban J connectivity index is 3.07. The zero-order chi connectivity index (χ0) is 7.56. The third-order valence-electron chi connectivity index (χ3n) is 1.02. The summed E-state index contributed by atoms with van der Waals surface area (Å²) < 4.78 is 5.66. The zero-order valence-electron chi connectivity index (χ0n) is 5.47. The van der Waals surface area contributed by atoms with Gasteiger partial charge in [0.1, 0.15) is 7.85 Å². The van der Waals surface area contributed by atoms with E-state index in [-0.39, 0.29) is 0 Å². The summed E-state index contributed by atoms with van der Waals surface area (Å²) >= 11 is 3.24. The molecule has 1 aromatic heterocycles. The molecule has 0 aliphatic rings. The second kappa shape index (κ2) is 3.06. The monoisotopic (exact) mass is 197 g/mol. The summed E-state index contributed by atoms with van der Waals surface area (Å²) in [6.45, 7) is 0. The predicted molar refractivity (Wildman–Crippen MR) is 43.9 cm³/mol. The molecule has 10 heavy (non-hydrogen) atoms. The SMILES string of the molecule is [B]c1cnc(OC)c(Br)c1. The maximum atomic E-state index is 5.43. The maximum Gasteiger partial charge on any atom is 0.227 e. The van der Waals surface area contributed by atoms with Gasteiger partial charge in [-0.3, -0.25) is 0 Å². The molecule has 0 unspecified atom stereocenters. The van der Waals surface area contributed by atoms with Crippen molar-refractivity contribution in [2.75, 3.05) is 7.11 Å². The molecular formula is C6H5BBrNO. The van der Waals surface area contributed by atoms with Crippen molar-refractivity contribution >= 4 is 29.2 Å². The summed E-state index contributed by atoms with van der Waals surface area (Å²) in [5.74, 6) is 0.550. The first kappa shape index (κ1) is 7.60. The highest BCUT2D eigenvalue weighted by atomic mass is 79.9. The van der Waals surface area contributed by atoms with Crippen LogP contribution in [0.2, 0.25) is 0 Å². The molecule has 0 amide bonds. The Labute approximate surface area is 69.1 Å². The van der Waals surface area contributed by atoms with Crippen LogP contribution in [0.15, 0.2) is 16.7 Å². The molecule has 2 radical (unpaired) electrons. The molecule has 1 heterocycles. The molecule has 0 atom stereocenters. The topological polar surface area (TPSA) is 22.1 Å². The molecule has 1 rings (SSSR count). The van der Waals surface area contributed by atoms with E-state index in [2.05, 4.69) is 20.9 Å². The van der Waals surface area contributed by atoms with Crippen molar-refractivity contribution in [2.45, 2.75) is 0 Å². The molecule has 4 heteroatoms. The van der Waals surface area contributed by atoms with Crippen LogP contribution in [0, 0.1) is 0 Å². The third kappa shape index (κ3) is 1.50. The molecule has 0 saturated carbocycles. The van der Waals surface area contributed by atoms with Crippen molar-refractivity contribution in [3.8, 4) is 5.88 Å². The molecule has 1 aromatic rings. The first-order valence-corrected chi connectivity index (χ1v) is 3.48. The smallest absolute Gasteiger partial charge is 0.227 e. The number of methoxy groups -OCH3 is 1. The van der Waals surface area contributed by atoms with Gasteiger partial charge in [0, 0.05) is 6.20 Å². The molecular weight excluding hydrogens is 193 g/mol. The lowest BCUT2D eigenvalue weighted by Crippen LogP contribution is -2.03. The highest BCUT2D eigenvalue weighted by Gasteiger charge is 1.98. The highest BCUT2D eigenvalue weighted by Crippen LogP contribution is 2.18. The van der Waals surface area contributed by atoms with Gasteiger partial charge < -0.3 is 4.74 Å². The fraction of sp³-hybridized carbons (Fsp3) is 0.167.